The molecule has 2 fully saturated rings. The van der Waals surface area contributed by atoms with Crippen LogP contribution < -0.4 is 20.0 Å². The fourth-order valence-corrected chi connectivity index (χ4v) is 4.15. The zero-order valence-electron chi connectivity index (χ0n) is 17.4. The maximum Gasteiger partial charge on any atom is 0.282 e. The number of morpholine rings is 1. The number of hydrogen-bond acceptors (Lipinski definition) is 4. The van der Waals surface area contributed by atoms with Crippen LogP contribution in [0.4, 0.5) is 21.5 Å². The van der Waals surface area contributed by atoms with Gasteiger partial charge in [0.2, 0.25) is 0 Å². The topological polar surface area (TPSA) is 49.3 Å². The SMILES string of the molecule is C[C@@H](C(=O)Nc1ccc(N2CCOCC2)cc1)[NH+]1CCN(c2ccc(F)cc2)CC1. The van der Waals surface area contributed by atoms with Gasteiger partial charge in [-0.2, -0.15) is 0 Å². The molecule has 2 heterocycles. The van der Waals surface area contributed by atoms with E-state index in [1.165, 1.54) is 17.0 Å². The zero-order valence-corrected chi connectivity index (χ0v) is 17.4. The van der Waals surface area contributed by atoms with E-state index < -0.39 is 0 Å². The number of nitrogens with zero attached hydrogens (tertiary/aromatic N) is 2. The van der Waals surface area contributed by atoms with Gasteiger partial charge in [0, 0.05) is 30.2 Å². The van der Waals surface area contributed by atoms with Gasteiger partial charge in [0.05, 0.1) is 39.4 Å². The van der Waals surface area contributed by atoms with Crippen molar-refractivity contribution in [2.45, 2.75) is 13.0 Å². The summed E-state index contributed by atoms with van der Waals surface area (Å²) in [6.07, 6.45) is 0. The Labute approximate surface area is 177 Å². The van der Waals surface area contributed by atoms with Gasteiger partial charge in [0.15, 0.2) is 6.04 Å². The monoisotopic (exact) mass is 413 g/mol. The average Bonchev–Trinajstić information content (AvgIpc) is 2.80. The van der Waals surface area contributed by atoms with Gasteiger partial charge in [0.25, 0.3) is 5.91 Å². The molecule has 1 atom stereocenters. The van der Waals surface area contributed by atoms with Crippen molar-refractivity contribution in [3.63, 3.8) is 0 Å². The fourth-order valence-electron chi connectivity index (χ4n) is 4.15. The lowest BCUT2D eigenvalue weighted by atomic mass is 10.2. The summed E-state index contributed by atoms with van der Waals surface area (Å²) in [5, 5.41) is 3.06. The lowest BCUT2D eigenvalue weighted by Gasteiger charge is -2.36. The number of nitrogens with one attached hydrogen (secondary N) is 2. The maximum absolute atomic E-state index is 13.1. The summed E-state index contributed by atoms with van der Waals surface area (Å²) in [6.45, 7) is 8.76. The third kappa shape index (κ3) is 4.91. The van der Waals surface area contributed by atoms with Crippen LogP contribution in [-0.4, -0.2) is 64.4 Å². The minimum Gasteiger partial charge on any atom is -0.378 e. The molecule has 30 heavy (non-hydrogen) atoms. The summed E-state index contributed by atoms with van der Waals surface area (Å²) in [7, 11) is 0. The van der Waals surface area contributed by atoms with Crippen LogP contribution in [0.25, 0.3) is 0 Å². The quantitative estimate of drug-likeness (QED) is 0.778. The molecule has 2 aromatic carbocycles. The Morgan fingerprint density at radius 1 is 0.933 bits per heavy atom. The van der Waals surface area contributed by atoms with Crippen molar-refractivity contribution >= 4 is 23.0 Å². The predicted molar refractivity (Wildman–Crippen MR) is 117 cm³/mol. The van der Waals surface area contributed by atoms with Crippen molar-refractivity contribution in [3.05, 3.63) is 54.3 Å². The fraction of sp³-hybridized carbons (Fsp3) is 0.435. The molecule has 2 saturated heterocycles. The highest BCUT2D eigenvalue weighted by molar-refractivity contribution is 5.93. The van der Waals surface area contributed by atoms with E-state index in [1.807, 2.05) is 31.2 Å². The Balaban J connectivity index is 1.28. The normalized spacial score (nSPS) is 18.9. The molecule has 4 rings (SSSR count). The summed E-state index contributed by atoms with van der Waals surface area (Å²) >= 11 is 0. The minimum absolute atomic E-state index is 0.0411. The van der Waals surface area contributed by atoms with Crippen LogP contribution in [0.3, 0.4) is 0 Å². The van der Waals surface area contributed by atoms with E-state index >= 15 is 0 Å². The van der Waals surface area contributed by atoms with Crippen LogP contribution in [0.5, 0.6) is 0 Å². The van der Waals surface area contributed by atoms with Crippen LogP contribution in [0, 0.1) is 5.82 Å². The second kappa shape index (κ2) is 9.45. The molecule has 160 valence electrons. The smallest absolute Gasteiger partial charge is 0.282 e. The van der Waals surface area contributed by atoms with Crippen molar-refractivity contribution in [3.8, 4) is 0 Å². The molecule has 2 aromatic rings. The summed E-state index contributed by atoms with van der Waals surface area (Å²) < 4.78 is 18.5. The van der Waals surface area contributed by atoms with E-state index in [9.17, 15) is 9.18 Å². The van der Waals surface area contributed by atoms with Crippen LogP contribution in [0.2, 0.25) is 0 Å². The van der Waals surface area contributed by atoms with Crippen molar-refractivity contribution in [1.29, 1.82) is 0 Å². The van der Waals surface area contributed by atoms with Crippen LogP contribution in [-0.2, 0) is 9.53 Å². The summed E-state index contributed by atoms with van der Waals surface area (Å²) in [4.78, 5) is 18.6. The molecule has 0 bridgehead atoms. The second-order valence-electron chi connectivity index (χ2n) is 7.98. The number of hydrogen-bond donors (Lipinski definition) is 2. The number of halogens is 1. The second-order valence-corrected chi connectivity index (χ2v) is 7.98. The lowest BCUT2D eigenvalue weighted by molar-refractivity contribution is -0.914. The minimum atomic E-state index is -0.216. The number of carbonyl (C=O) groups excluding carboxylic acids is 1. The number of amides is 1. The van der Waals surface area contributed by atoms with E-state index in [1.54, 1.807) is 0 Å². The van der Waals surface area contributed by atoms with Crippen LogP contribution in [0.1, 0.15) is 6.92 Å². The van der Waals surface area contributed by atoms with Crippen molar-refractivity contribution in [2.75, 3.05) is 67.6 Å². The number of quaternary nitrogens is 1. The molecule has 2 N–H and O–H groups in total. The van der Waals surface area contributed by atoms with E-state index in [2.05, 4.69) is 27.2 Å². The molecule has 1 amide bonds. The Morgan fingerprint density at radius 3 is 2.07 bits per heavy atom. The number of ether oxygens (including phenoxy) is 1. The molecular formula is C23H30FN4O2+. The number of benzene rings is 2. The Morgan fingerprint density at radius 2 is 1.47 bits per heavy atom. The lowest BCUT2D eigenvalue weighted by Crippen LogP contribution is -3.19. The molecule has 0 aliphatic carbocycles. The Kier molecular flexibility index (Phi) is 6.50. The maximum atomic E-state index is 13.1. The largest absolute Gasteiger partial charge is 0.378 e. The first-order valence-corrected chi connectivity index (χ1v) is 10.7. The van der Waals surface area contributed by atoms with Gasteiger partial charge in [-0.1, -0.05) is 0 Å². The summed E-state index contributed by atoms with van der Waals surface area (Å²) in [5.74, 6) is -0.175. The number of rotatable bonds is 5. The molecule has 7 heteroatoms. The summed E-state index contributed by atoms with van der Waals surface area (Å²) in [6, 6.07) is 14.5. The number of piperazine rings is 1. The molecule has 0 saturated carbocycles. The number of carbonyl (C=O) groups is 1. The van der Waals surface area contributed by atoms with Gasteiger partial charge >= 0.3 is 0 Å². The zero-order chi connectivity index (χ0) is 20.9. The first kappa shape index (κ1) is 20.6. The molecule has 2 aliphatic rings. The van der Waals surface area contributed by atoms with E-state index in [0.717, 1.165) is 69.5 Å². The van der Waals surface area contributed by atoms with Crippen LogP contribution in [0.15, 0.2) is 48.5 Å². The molecule has 0 radical (unpaired) electrons. The van der Waals surface area contributed by atoms with Crippen LogP contribution >= 0.6 is 0 Å². The molecule has 2 aliphatic heterocycles. The van der Waals surface area contributed by atoms with Crippen molar-refractivity contribution < 1.29 is 18.8 Å². The van der Waals surface area contributed by atoms with Gasteiger partial charge in [0.1, 0.15) is 5.82 Å². The molecule has 0 unspecified atom stereocenters. The highest BCUT2D eigenvalue weighted by Gasteiger charge is 2.29. The highest BCUT2D eigenvalue weighted by atomic mass is 19.1. The van der Waals surface area contributed by atoms with Gasteiger partial charge in [-0.05, 0) is 55.5 Å². The molecular weight excluding hydrogens is 383 g/mol. The highest BCUT2D eigenvalue weighted by Crippen LogP contribution is 2.19. The van der Waals surface area contributed by atoms with Gasteiger partial charge in [-0.15, -0.1) is 0 Å². The third-order valence-corrected chi connectivity index (χ3v) is 6.11. The van der Waals surface area contributed by atoms with E-state index in [-0.39, 0.29) is 17.8 Å². The number of anilines is 3. The third-order valence-electron chi connectivity index (χ3n) is 6.11. The average molecular weight is 414 g/mol. The van der Waals surface area contributed by atoms with E-state index in [0.29, 0.717) is 0 Å². The van der Waals surface area contributed by atoms with E-state index in [4.69, 9.17) is 4.74 Å². The Bertz CT molecular complexity index is 829. The van der Waals surface area contributed by atoms with Gasteiger partial charge in [-0.25, -0.2) is 4.39 Å². The molecule has 0 aromatic heterocycles. The first-order chi connectivity index (χ1) is 14.6. The molecule has 0 spiro atoms. The van der Waals surface area contributed by atoms with Gasteiger partial charge < -0.3 is 24.8 Å². The van der Waals surface area contributed by atoms with Gasteiger partial charge in [-0.3, -0.25) is 4.79 Å². The molecule has 6 nitrogen and oxygen atoms in total. The van der Waals surface area contributed by atoms with Crippen molar-refractivity contribution in [1.82, 2.24) is 0 Å². The summed E-state index contributed by atoms with van der Waals surface area (Å²) in [5.41, 5.74) is 3.02. The predicted octanol–water partition coefficient (Wildman–Crippen LogP) is 1.39. The first-order valence-electron chi connectivity index (χ1n) is 10.7. The standard InChI is InChI=1S/C23H29FN4O2/c1-18(26-10-12-27(13-11-26)21-6-2-19(24)3-7-21)23(29)25-20-4-8-22(9-5-20)28-14-16-30-17-15-28/h2-9,18H,10-17H2,1H3,(H,25,29)/p+1/t18-/m0/s1. The van der Waals surface area contributed by atoms with Crippen molar-refractivity contribution in [2.24, 2.45) is 0 Å². The Hall–Kier alpha value is -2.64.